The van der Waals surface area contributed by atoms with Crippen LogP contribution in [-0.4, -0.2) is 6.54 Å². The number of nitrogens with one attached hydrogen (secondary N) is 1. The van der Waals surface area contributed by atoms with Gasteiger partial charge in [-0.25, -0.2) is 0 Å². The molecule has 3 heteroatoms. The van der Waals surface area contributed by atoms with Crippen LogP contribution < -0.4 is 16.2 Å². The van der Waals surface area contributed by atoms with Gasteiger partial charge in [-0.05, 0) is 6.42 Å². The van der Waals surface area contributed by atoms with Crippen molar-refractivity contribution >= 4 is 5.69 Å². The molecule has 0 amide bonds. The molecule has 1 aromatic carbocycles. The second-order valence-electron chi connectivity index (χ2n) is 3.59. The molecule has 0 spiro atoms. The molecule has 0 atom stereocenters. The maximum atomic E-state index is 10.8. The SMILES string of the molecule is CCCCCCCNc1cc(=O)c1=O. The highest BCUT2D eigenvalue weighted by Crippen LogP contribution is 2.03. The monoisotopic (exact) mass is 195 g/mol. The summed E-state index contributed by atoms with van der Waals surface area (Å²) in [4.78, 5) is 21.4. The first-order valence-corrected chi connectivity index (χ1v) is 5.30. The molecule has 1 aromatic rings. The van der Waals surface area contributed by atoms with Gasteiger partial charge in [0.1, 0.15) is 0 Å². The normalized spacial score (nSPS) is 10.6. The molecule has 14 heavy (non-hydrogen) atoms. The molecule has 0 aliphatic carbocycles. The average Bonchev–Trinajstić information content (AvgIpc) is 2.21. The van der Waals surface area contributed by atoms with E-state index in [1.54, 1.807) is 0 Å². The van der Waals surface area contributed by atoms with Gasteiger partial charge < -0.3 is 5.32 Å². The van der Waals surface area contributed by atoms with Crippen molar-refractivity contribution in [3.05, 3.63) is 26.5 Å². The fraction of sp³-hybridized carbons (Fsp3) is 0.636. The number of unbranched alkanes of at least 4 members (excludes halogenated alkanes) is 4. The molecule has 0 aliphatic rings. The summed E-state index contributed by atoms with van der Waals surface area (Å²) in [5, 5.41) is 2.97. The van der Waals surface area contributed by atoms with Crippen molar-refractivity contribution in [3.8, 4) is 0 Å². The van der Waals surface area contributed by atoms with Crippen molar-refractivity contribution in [2.75, 3.05) is 11.9 Å². The van der Waals surface area contributed by atoms with Crippen molar-refractivity contribution in [3.63, 3.8) is 0 Å². The van der Waals surface area contributed by atoms with Crippen molar-refractivity contribution in [2.24, 2.45) is 0 Å². The summed E-state index contributed by atoms with van der Waals surface area (Å²) in [6.07, 6.45) is 6.03. The van der Waals surface area contributed by atoms with E-state index < -0.39 is 0 Å². The Kier molecular flexibility index (Phi) is 4.36. The minimum Gasteiger partial charge on any atom is -0.382 e. The second kappa shape index (κ2) is 5.58. The van der Waals surface area contributed by atoms with Gasteiger partial charge in [0.25, 0.3) is 0 Å². The summed E-state index contributed by atoms with van der Waals surface area (Å²) < 4.78 is 0. The van der Waals surface area contributed by atoms with Gasteiger partial charge in [0.2, 0.25) is 10.9 Å². The molecule has 0 unspecified atom stereocenters. The van der Waals surface area contributed by atoms with Gasteiger partial charge in [-0.3, -0.25) is 9.59 Å². The van der Waals surface area contributed by atoms with Gasteiger partial charge in [-0.2, -0.15) is 0 Å². The lowest BCUT2D eigenvalue weighted by Gasteiger charge is -2.05. The first kappa shape index (κ1) is 11.0. The maximum absolute atomic E-state index is 10.8. The smallest absolute Gasteiger partial charge is 0.248 e. The molecular weight excluding hydrogens is 178 g/mol. The molecule has 0 heterocycles. The lowest BCUT2D eigenvalue weighted by Crippen LogP contribution is -2.32. The van der Waals surface area contributed by atoms with Gasteiger partial charge >= 0.3 is 0 Å². The van der Waals surface area contributed by atoms with Crippen LogP contribution in [0.3, 0.4) is 0 Å². The summed E-state index contributed by atoms with van der Waals surface area (Å²) in [6.45, 7) is 2.98. The van der Waals surface area contributed by atoms with Crippen LogP contribution in [0.1, 0.15) is 39.0 Å². The maximum Gasteiger partial charge on any atom is 0.248 e. The fourth-order valence-corrected chi connectivity index (χ4v) is 1.40. The fourth-order valence-electron chi connectivity index (χ4n) is 1.40. The van der Waals surface area contributed by atoms with Gasteiger partial charge in [0.05, 0.1) is 5.69 Å². The number of rotatable bonds is 7. The van der Waals surface area contributed by atoms with E-state index in [9.17, 15) is 9.59 Å². The van der Waals surface area contributed by atoms with Crippen LogP contribution in [-0.2, 0) is 0 Å². The second-order valence-corrected chi connectivity index (χ2v) is 3.59. The number of hydrogen-bond donors (Lipinski definition) is 1. The van der Waals surface area contributed by atoms with E-state index >= 15 is 0 Å². The Labute approximate surface area is 83.8 Å². The highest BCUT2D eigenvalue weighted by Gasteiger charge is 2.07. The molecule has 0 saturated heterocycles. The molecule has 0 radical (unpaired) electrons. The third-order valence-corrected chi connectivity index (χ3v) is 2.34. The molecule has 1 rings (SSSR count). The van der Waals surface area contributed by atoms with Gasteiger partial charge in [-0.1, -0.05) is 32.6 Å². The molecule has 0 aromatic heterocycles. The predicted octanol–water partition coefficient (Wildman–Crippen LogP) is 1.66. The Bertz CT molecular complexity index is 337. The summed E-state index contributed by atoms with van der Waals surface area (Å²) in [7, 11) is 0. The quantitative estimate of drug-likeness (QED) is 0.531. The first-order chi connectivity index (χ1) is 6.75. The average molecular weight is 195 g/mol. The Hall–Kier alpha value is -1.12. The summed E-state index contributed by atoms with van der Waals surface area (Å²) in [6, 6.07) is 1.37. The number of anilines is 1. The van der Waals surface area contributed by atoms with Crippen molar-refractivity contribution < 1.29 is 0 Å². The van der Waals surface area contributed by atoms with Crippen LogP contribution in [0.4, 0.5) is 5.69 Å². The zero-order valence-corrected chi connectivity index (χ0v) is 8.64. The van der Waals surface area contributed by atoms with Crippen LogP contribution in [0.2, 0.25) is 0 Å². The van der Waals surface area contributed by atoms with E-state index in [0.29, 0.717) is 5.69 Å². The molecule has 1 N–H and O–H groups in total. The van der Waals surface area contributed by atoms with E-state index in [4.69, 9.17) is 0 Å². The molecule has 0 fully saturated rings. The van der Waals surface area contributed by atoms with Gasteiger partial charge in [0, 0.05) is 12.6 Å². The molecule has 0 aliphatic heterocycles. The number of hydrogen-bond acceptors (Lipinski definition) is 3. The third kappa shape index (κ3) is 2.98. The predicted molar refractivity (Wildman–Crippen MR) is 58.6 cm³/mol. The first-order valence-electron chi connectivity index (χ1n) is 5.30. The largest absolute Gasteiger partial charge is 0.382 e. The van der Waals surface area contributed by atoms with E-state index in [2.05, 4.69) is 12.2 Å². The summed E-state index contributed by atoms with van der Waals surface area (Å²) in [5.41, 5.74) is -0.248. The zero-order valence-electron chi connectivity index (χ0n) is 8.64. The van der Waals surface area contributed by atoms with Gasteiger partial charge in [0.15, 0.2) is 0 Å². The topological polar surface area (TPSA) is 46.2 Å². The van der Waals surface area contributed by atoms with E-state index in [-0.39, 0.29) is 10.9 Å². The minimum absolute atomic E-state index is 0.362. The highest BCUT2D eigenvalue weighted by molar-refractivity contribution is 5.46. The minimum atomic E-state index is -0.376. The molecule has 0 saturated carbocycles. The van der Waals surface area contributed by atoms with Crippen LogP contribution in [0.25, 0.3) is 0 Å². The van der Waals surface area contributed by atoms with Crippen molar-refractivity contribution in [1.82, 2.24) is 0 Å². The van der Waals surface area contributed by atoms with Crippen LogP contribution >= 0.6 is 0 Å². The lowest BCUT2D eigenvalue weighted by atomic mass is 10.1. The van der Waals surface area contributed by atoms with Crippen LogP contribution in [0.5, 0.6) is 0 Å². The summed E-state index contributed by atoms with van der Waals surface area (Å²) in [5.74, 6) is 0. The standard InChI is InChI=1S/C11H17NO2/c1-2-3-4-5-6-7-12-9-8-10(13)11(9)14/h8,12H,2-7H2,1H3. The van der Waals surface area contributed by atoms with Crippen molar-refractivity contribution in [2.45, 2.75) is 39.0 Å². The lowest BCUT2D eigenvalue weighted by molar-refractivity contribution is 0.645. The Balaban J connectivity index is 2.03. The Morgan fingerprint density at radius 1 is 1.14 bits per heavy atom. The van der Waals surface area contributed by atoms with Crippen molar-refractivity contribution in [1.29, 1.82) is 0 Å². The Morgan fingerprint density at radius 2 is 1.86 bits per heavy atom. The molecule has 78 valence electrons. The third-order valence-electron chi connectivity index (χ3n) is 2.34. The van der Waals surface area contributed by atoms with E-state index in [1.807, 2.05) is 0 Å². The molecule has 3 nitrogen and oxygen atoms in total. The molecule has 0 bridgehead atoms. The zero-order chi connectivity index (χ0) is 10.4. The van der Waals surface area contributed by atoms with Crippen LogP contribution in [0, 0.1) is 0 Å². The van der Waals surface area contributed by atoms with E-state index in [0.717, 1.165) is 13.0 Å². The van der Waals surface area contributed by atoms with E-state index in [1.165, 1.54) is 31.7 Å². The molecular formula is C11H17NO2. The Morgan fingerprint density at radius 3 is 2.43 bits per heavy atom. The van der Waals surface area contributed by atoms with Crippen LogP contribution in [0.15, 0.2) is 15.7 Å². The highest BCUT2D eigenvalue weighted by atomic mass is 16.2. The van der Waals surface area contributed by atoms with Gasteiger partial charge in [-0.15, -0.1) is 0 Å². The summed E-state index contributed by atoms with van der Waals surface area (Å²) >= 11 is 0.